The first kappa shape index (κ1) is 28.0. The van der Waals surface area contributed by atoms with Gasteiger partial charge < -0.3 is 9.47 Å². The fraction of sp³-hybridized carbons (Fsp3) is 0.926. The van der Waals surface area contributed by atoms with Crippen LogP contribution in [0.4, 0.5) is 0 Å². The van der Waals surface area contributed by atoms with Gasteiger partial charge in [-0.15, -0.1) is 0 Å². The number of carbonyl (C=O) groups is 2. The molecule has 31 heavy (non-hydrogen) atoms. The maximum atomic E-state index is 11.8. The highest BCUT2D eigenvalue weighted by Crippen LogP contribution is 2.23. The van der Waals surface area contributed by atoms with Crippen molar-refractivity contribution in [3.63, 3.8) is 0 Å². The molecule has 0 amide bonds. The fourth-order valence-electron chi connectivity index (χ4n) is 4.39. The van der Waals surface area contributed by atoms with Crippen molar-refractivity contribution < 1.29 is 19.1 Å². The molecule has 4 heteroatoms. The van der Waals surface area contributed by atoms with Gasteiger partial charge in [0.2, 0.25) is 0 Å². The van der Waals surface area contributed by atoms with E-state index < -0.39 is 0 Å². The summed E-state index contributed by atoms with van der Waals surface area (Å²) in [5, 5.41) is 0. The molecule has 0 bridgehead atoms. The van der Waals surface area contributed by atoms with Crippen LogP contribution >= 0.6 is 0 Å². The maximum absolute atomic E-state index is 11.8. The summed E-state index contributed by atoms with van der Waals surface area (Å²) < 4.78 is 10.6. The quantitative estimate of drug-likeness (QED) is 0.143. The lowest BCUT2D eigenvalue weighted by Gasteiger charge is -2.20. The molecule has 0 radical (unpaired) electrons. The summed E-state index contributed by atoms with van der Waals surface area (Å²) >= 11 is 0. The minimum Gasteiger partial charge on any atom is -0.466 e. The highest BCUT2D eigenvalue weighted by molar-refractivity contribution is 5.72. The van der Waals surface area contributed by atoms with Crippen LogP contribution in [0.3, 0.4) is 0 Å². The van der Waals surface area contributed by atoms with Crippen molar-refractivity contribution in [3.8, 4) is 0 Å². The van der Waals surface area contributed by atoms with Crippen molar-refractivity contribution in [2.75, 3.05) is 13.2 Å². The standard InChI is InChI=1S/C27H50O4/c1-2-3-4-5-6-7-8-9-10-11-12-13-17-23-30-26(28)21-18-22-27(29)31-24-25-19-15-14-16-20-25/h25H,2-24H2,1H3. The van der Waals surface area contributed by atoms with Gasteiger partial charge in [0.1, 0.15) is 0 Å². The van der Waals surface area contributed by atoms with Crippen LogP contribution in [0.2, 0.25) is 0 Å². The highest BCUT2D eigenvalue weighted by Gasteiger charge is 2.15. The molecule has 0 atom stereocenters. The summed E-state index contributed by atoms with van der Waals surface area (Å²) in [5.74, 6) is 0.192. The van der Waals surface area contributed by atoms with Gasteiger partial charge in [-0.1, -0.05) is 103 Å². The largest absolute Gasteiger partial charge is 0.466 e. The van der Waals surface area contributed by atoms with E-state index in [-0.39, 0.29) is 11.9 Å². The minimum atomic E-state index is -0.181. The summed E-state index contributed by atoms with van der Waals surface area (Å²) in [7, 11) is 0. The van der Waals surface area contributed by atoms with Gasteiger partial charge in [0.15, 0.2) is 0 Å². The number of hydrogen-bond donors (Lipinski definition) is 0. The molecule has 0 spiro atoms. The number of hydrogen-bond acceptors (Lipinski definition) is 4. The van der Waals surface area contributed by atoms with Crippen LogP contribution in [0.15, 0.2) is 0 Å². The van der Waals surface area contributed by atoms with Crippen molar-refractivity contribution in [1.82, 2.24) is 0 Å². The van der Waals surface area contributed by atoms with E-state index in [1.807, 2.05) is 0 Å². The van der Waals surface area contributed by atoms with E-state index in [0.717, 1.165) is 12.8 Å². The molecular weight excluding hydrogens is 388 g/mol. The van der Waals surface area contributed by atoms with Gasteiger partial charge in [0, 0.05) is 12.8 Å². The molecule has 1 aliphatic rings. The Kier molecular flexibility index (Phi) is 18.8. The Labute approximate surface area is 192 Å². The molecule has 0 saturated heterocycles. The molecule has 1 rings (SSSR count). The highest BCUT2D eigenvalue weighted by atomic mass is 16.5. The summed E-state index contributed by atoms with van der Waals surface area (Å²) in [6.07, 6.45) is 24.4. The SMILES string of the molecule is CCCCCCCCCCCCCCCOC(=O)CCCC(=O)OCC1CCCCC1. The molecule has 0 N–H and O–H groups in total. The second kappa shape index (κ2) is 20.8. The van der Waals surface area contributed by atoms with Crippen LogP contribution in [0.1, 0.15) is 142 Å². The van der Waals surface area contributed by atoms with E-state index in [4.69, 9.17) is 9.47 Å². The van der Waals surface area contributed by atoms with Gasteiger partial charge in [-0.3, -0.25) is 9.59 Å². The lowest BCUT2D eigenvalue weighted by molar-refractivity contribution is -0.146. The topological polar surface area (TPSA) is 52.6 Å². The number of rotatable bonds is 20. The van der Waals surface area contributed by atoms with Crippen molar-refractivity contribution in [1.29, 1.82) is 0 Å². The first-order valence-corrected chi connectivity index (χ1v) is 13.5. The molecule has 0 aromatic rings. The zero-order chi connectivity index (χ0) is 22.4. The monoisotopic (exact) mass is 438 g/mol. The third-order valence-corrected chi connectivity index (χ3v) is 6.48. The fourth-order valence-corrected chi connectivity index (χ4v) is 4.39. The number of ether oxygens (including phenoxy) is 2. The van der Waals surface area contributed by atoms with Gasteiger partial charge in [0.05, 0.1) is 13.2 Å². The van der Waals surface area contributed by atoms with Crippen LogP contribution in [-0.4, -0.2) is 25.2 Å². The zero-order valence-corrected chi connectivity index (χ0v) is 20.5. The van der Waals surface area contributed by atoms with Gasteiger partial charge >= 0.3 is 11.9 Å². The molecule has 0 aromatic carbocycles. The Morgan fingerprint density at radius 2 is 1.10 bits per heavy atom. The Hall–Kier alpha value is -1.06. The molecule has 0 unspecified atom stereocenters. The van der Waals surface area contributed by atoms with Crippen molar-refractivity contribution in [3.05, 3.63) is 0 Å². The average Bonchev–Trinajstić information content (AvgIpc) is 2.78. The van der Waals surface area contributed by atoms with E-state index >= 15 is 0 Å². The first-order valence-electron chi connectivity index (χ1n) is 13.5. The second-order valence-electron chi connectivity index (χ2n) is 9.50. The van der Waals surface area contributed by atoms with E-state index in [2.05, 4.69) is 6.92 Å². The van der Waals surface area contributed by atoms with Gasteiger partial charge in [-0.2, -0.15) is 0 Å². The van der Waals surface area contributed by atoms with E-state index in [0.29, 0.717) is 38.4 Å². The number of unbranched alkanes of at least 4 members (excludes halogenated alkanes) is 12. The van der Waals surface area contributed by atoms with Crippen LogP contribution < -0.4 is 0 Å². The Morgan fingerprint density at radius 1 is 0.613 bits per heavy atom. The van der Waals surface area contributed by atoms with Crippen LogP contribution in [0, 0.1) is 5.92 Å². The minimum absolute atomic E-state index is 0.171. The summed E-state index contributed by atoms with van der Waals surface area (Å²) in [4.78, 5) is 23.6. The Bertz CT molecular complexity index is 429. The van der Waals surface area contributed by atoms with Crippen LogP contribution in [-0.2, 0) is 19.1 Å². The lowest BCUT2D eigenvalue weighted by Crippen LogP contribution is -2.17. The first-order chi connectivity index (χ1) is 15.2. The summed E-state index contributed by atoms with van der Waals surface area (Å²) in [6, 6.07) is 0. The van der Waals surface area contributed by atoms with E-state index in [1.165, 1.54) is 103 Å². The average molecular weight is 439 g/mol. The van der Waals surface area contributed by atoms with E-state index in [9.17, 15) is 9.59 Å². The molecule has 0 heterocycles. The van der Waals surface area contributed by atoms with Crippen molar-refractivity contribution >= 4 is 11.9 Å². The normalized spacial score (nSPS) is 14.5. The molecule has 0 aliphatic heterocycles. The molecule has 0 aromatic heterocycles. The number of carbonyl (C=O) groups excluding carboxylic acids is 2. The van der Waals surface area contributed by atoms with Crippen LogP contribution in [0.5, 0.6) is 0 Å². The molecular formula is C27H50O4. The predicted octanol–water partition coefficient (Wildman–Crippen LogP) is 7.91. The third-order valence-electron chi connectivity index (χ3n) is 6.48. The summed E-state index contributed by atoms with van der Waals surface area (Å²) in [6.45, 7) is 3.34. The molecule has 1 fully saturated rings. The third kappa shape index (κ3) is 18.2. The maximum Gasteiger partial charge on any atom is 0.305 e. The van der Waals surface area contributed by atoms with Gasteiger partial charge in [-0.05, 0) is 31.6 Å². The number of esters is 2. The smallest absolute Gasteiger partial charge is 0.305 e. The summed E-state index contributed by atoms with van der Waals surface area (Å²) in [5.41, 5.74) is 0. The zero-order valence-electron chi connectivity index (χ0n) is 20.5. The van der Waals surface area contributed by atoms with Gasteiger partial charge in [0.25, 0.3) is 0 Å². The second-order valence-corrected chi connectivity index (χ2v) is 9.50. The Balaban J connectivity index is 1.78. The molecule has 1 aliphatic carbocycles. The predicted molar refractivity (Wildman–Crippen MR) is 128 cm³/mol. The van der Waals surface area contributed by atoms with Crippen molar-refractivity contribution in [2.45, 2.75) is 142 Å². The van der Waals surface area contributed by atoms with E-state index in [1.54, 1.807) is 0 Å². The lowest BCUT2D eigenvalue weighted by atomic mass is 9.90. The van der Waals surface area contributed by atoms with Gasteiger partial charge in [-0.25, -0.2) is 0 Å². The molecule has 182 valence electrons. The van der Waals surface area contributed by atoms with Crippen molar-refractivity contribution in [2.24, 2.45) is 5.92 Å². The molecule has 1 saturated carbocycles. The Morgan fingerprint density at radius 3 is 1.65 bits per heavy atom. The molecule has 4 nitrogen and oxygen atoms in total. The van der Waals surface area contributed by atoms with Crippen LogP contribution in [0.25, 0.3) is 0 Å².